The highest BCUT2D eigenvalue weighted by Crippen LogP contribution is 2.31. The molecule has 0 amide bonds. The topological polar surface area (TPSA) is 69.9 Å². The Labute approximate surface area is 153 Å². The molecule has 1 aromatic carbocycles. The maximum Gasteiger partial charge on any atom is 0.167 e. The quantitative estimate of drug-likeness (QED) is 0.736. The summed E-state index contributed by atoms with van der Waals surface area (Å²) in [5.74, 6) is 8.10. The summed E-state index contributed by atoms with van der Waals surface area (Å²) < 4.78 is 7.70. The van der Waals surface area contributed by atoms with Crippen molar-refractivity contribution in [3.63, 3.8) is 0 Å². The number of rotatable bonds is 4. The van der Waals surface area contributed by atoms with Gasteiger partial charge in [0.15, 0.2) is 5.76 Å². The molecule has 1 aliphatic rings. The molecule has 2 aromatic heterocycles. The minimum atomic E-state index is -0.249. The Hall–Kier alpha value is -2.84. The molecule has 0 spiro atoms. The molecule has 0 bridgehead atoms. The lowest BCUT2D eigenvalue weighted by Gasteiger charge is -2.05. The van der Waals surface area contributed by atoms with Crippen LogP contribution in [0.3, 0.4) is 0 Å². The molecule has 1 saturated carbocycles. The normalized spacial score (nSPS) is 14.7. The summed E-state index contributed by atoms with van der Waals surface area (Å²) in [6.07, 6.45) is 4.78. The van der Waals surface area contributed by atoms with Crippen molar-refractivity contribution < 1.29 is 4.52 Å². The third-order valence-corrected chi connectivity index (χ3v) is 4.75. The standard InChI is InChI=1S/C21H22N4O/c1-3-20-23-13-15(2)25(20)14-18-12-19(26-24-18)17-6-4-16(5-7-17)8-9-21(22)10-11-21/h4-7,12-13H,3,10-11,14,22H2,1-2H3. The summed E-state index contributed by atoms with van der Waals surface area (Å²) in [5, 5.41) is 4.22. The molecule has 0 atom stereocenters. The van der Waals surface area contributed by atoms with Crippen molar-refractivity contribution in [3.8, 4) is 23.2 Å². The van der Waals surface area contributed by atoms with Gasteiger partial charge in [-0.05, 0) is 44.0 Å². The molecule has 0 aliphatic heterocycles. The third-order valence-electron chi connectivity index (χ3n) is 4.75. The van der Waals surface area contributed by atoms with Crippen LogP contribution in [0.2, 0.25) is 0 Å². The molecule has 0 unspecified atom stereocenters. The number of aryl methyl sites for hydroxylation is 2. The number of nitrogens with two attached hydrogens (primary N) is 1. The highest BCUT2D eigenvalue weighted by molar-refractivity contribution is 5.59. The van der Waals surface area contributed by atoms with E-state index in [-0.39, 0.29) is 5.54 Å². The Morgan fingerprint density at radius 1 is 1.27 bits per heavy atom. The first-order valence-corrected chi connectivity index (χ1v) is 8.95. The van der Waals surface area contributed by atoms with Crippen molar-refractivity contribution in [2.45, 2.75) is 45.2 Å². The van der Waals surface area contributed by atoms with E-state index < -0.39 is 0 Å². The lowest BCUT2D eigenvalue weighted by Crippen LogP contribution is -2.18. The SMILES string of the molecule is CCc1ncc(C)n1Cc1cc(-c2ccc(C#CC3(N)CC3)cc2)on1. The second-order valence-electron chi connectivity index (χ2n) is 6.92. The van der Waals surface area contributed by atoms with E-state index in [1.54, 1.807) is 0 Å². The van der Waals surface area contributed by atoms with Crippen LogP contribution in [-0.2, 0) is 13.0 Å². The summed E-state index contributed by atoms with van der Waals surface area (Å²) >= 11 is 0. The zero-order valence-corrected chi connectivity index (χ0v) is 15.1. The molecule has 1 aliphatic carbocycles. The van der Waals surface area contributed by atoms with Crippen molar-refractivity contribution in [2.24, 2.45) is 5.73 Å². The largest absolute Gasteiger partial charge is 0.356 e. The van der Waals surface area contributed by atoms with E-state index in [1.165, 1.54) is 0 Å². The molecular weight excluding hydrogens is 324 g/mol. The van der Waals surface area contributed by atoms with Gasteiger partial charge in [0.25, 0.3) is 0 Å². The number of aromatic nitrogens is 3. The fourth-order valence-corrected chi connectivity index (χ4v) is 2.87. The van der Waals surface area contributed by atoms with Gasteiger partial charge in [0.05, 0.1) is 12.1 Å². The predicted molar refractivity (Wildman–Crippen MR) is 100 cm³/mol. The van der Waals surface area contributed by atoms with Gasteiger partial charge in [-0.15, -0.1) is 0 Å². The minimum Gasteiger partial charge on any atom is -0.356 e. The summed E-state index contributed by atoms with van der Waals surface area (Å²) in [7, 11) is 0. The van der Waals surface area contributed by atoms with Gasteiger partial charge in [0, 0.05) is 35.5 Å². The van der Waals surface area contributed by atoms with E-state index in [0.29, 0.717) is 6.54 Å². The van der Waals surface area contributed by atoms with Crippen LogP contribution >= 0.6 is 0 Å². The number of hydrogen-bond donors (Lipinski definition) is 1. The third kappa shape index (κ3) is 3.42. The van der Waals surface area contributed by atoms with Crippen LogP contribution in [0.5, 0.6) is 0 Å². The van der Waals surface area contributed by atoms with Crippen molar-refractivity contribution in [3.05, 3.63) is 59.3 Å². The number of nitrogens with zero attached hydrogens (tertiary/aromatic N) is 3. The van der Waals surface area contributed by atoms with Gasteiger partial charge < -0.3 is 14.8 Å². The van der Waals surface area contributed by atoms with E-state index in [9.17, 15) is 0 Å². The van der Waals surface area contributed by atoms with Crippen LogP contribution in [-0.4, -0.2) is 20.2 Å². The number of hydrogen-bond acceptors (Lipinski definition) is 4. The summed E-state index contributed by atoms with van der Waals surface area (Å²) in [6.45, 7) is 4.83. The van der Waals surface area contributed by atoms with Gasteiger partial charge in [-0.25, -0.2) is 4.98 Å². The molecule has 5 heteroatoms. The van der Waals surface area contributed by atoms with Crippen LogP contribution in [0, 0.1) is 18.8 Å². The first-order chi connectivity index (χ1) is 12.6. The Bertz CT molecular complexity index is 981. The Kier molecular flexibility index (Phi) is 4.14. The van der Waals surface area contributed by atoms with Gasteiger partial charge in [0.2, 0.25) is 0 Å². The monoisotopic (exact) mass is 346 g/mol. The zero-order valence-electron chi connectivity index (χ0n) is 15.1. The molecule has 2 heterocycles. The van der Waals surface area contributed by atoms with Crippen LogP contribution in [0.1, 0.15) is 42.5 Å². The molecule has 5 nitrogen and oxygen atoms in total. The Morgan fingerprint density at radius 3 is 2.73 bits per heavy atom. The lowest BCUT2D eigenvalue weighted by atomic mass is 10.1. The molecule has 3 aromatic rings. The maximum atomic E-state index is 6.00. The van der Waals surface area contributed by atoms with E-state index in [4.69, 9.17) is 10.3 Å². The average molecular weight is 346 g/mol. The van der Waals surface area contributed by atoms with Gasteiger partial charge in [-0.2, -0.15) is 0 Å². The van der Waals surface area contributed by atoms with Crippen LogP contribution in [0.4, 0.5) is 0 Å². The summed E-state index contributed by atoms with van der Waals surface area (Å²) in [4.78, 5) is 4.43. The van der Waals surface area contributed by atoms with Crippen LogP contribution < -0.4 is 5.73 Å². The summed E-state index contributed by atoms with van der Waals surface area (Å²) in [5.41, 5.74) is 9.72. The van der Waals surface area contributed by atoms with E-state index in [1.807, 2.05) is 36.5 Å². The van der Waals surface area contributed by atoms with Gasteiger partial charge in [0.1, 0.15) is 11.5 Å². The van der Waals surface area contributed by atoms with Crippen molar-refractivity contribution >= 4 is 0 Å². The van der Waals surface area contributed by atoms with Crippen LogP contribution in [0.25, 0.3) is 11.3 Å². The second kappa shape index (κ2) is 6.47. The minimum absolute atomic E-state index is 0.249. The molecule has 0 radical (unpaired) electrons. The molecule has 1 fully saturated rings. The lowest BCUT2D eigenvalue weighted by molar-refractivity contribution is 0.420. The van der Waals surface area contributed by atoms with Crippen molar-refractivity contribution in [2.75, 3.05) is 0 Å². The summed E-state index contributed by atoms with van der Waals surface area (Å²) in [6, 6.07) is 9.98. The molecule has 0 saturated heterocycles. The van der Waals surface area contributed by atoms with E-state index in [0.717, 1.165) is 53.4 Å². The van der Waals surface area contributed by atoms with Crippen molar-refractivity contribution in [1.29, 1.82) is 0 Å². The molecule has 4 rings (SSSR count). The maximum absolute atomic E-state index is 6.00. The molecular formula is C21H22N4O. The van der Waals surface area contributed by atoms with Gasteiger partial charge in [-0.1, -0.05) is 23.9 Å². The van der Waals surface area contributed by atoms with Crippen molar-refractivity contribution in [1.82, 2.24) is 14.7 Å². The van der Waals surface area contributed by atoms with E-state index >= 15 is 0 Å². The number of benzene rings is 1. The number of imidazole rings is 1. The fourth-order valence-electron chi connectivity index (χ4n) is 2.87. The molecule has 2 N–H and O–H groups in total. The first kappa shape index (κ1) is 16.6. The predicted octanol–water partition coefficient (Wildman–Crippen LogP) is 3.30. The van der Waals surface area contributed by atoms with E-state index in [2.05, 4.69) is 40.4 Å². The molecule has 26 heavy (non-hydrogen) atoms. The highest BCUT2D eigenvalue weighted by atomic mass is 16.5. The second-order valence-corrected chi connectivity index (χ2v) is 6.92. The Balaban J connectivity index is 1.50. The van der Waals surface area contributed by atoms with Crippen LogP contribution in [0.15, 0.2) is 41.1 Å². The average Bonchev–Trinajstić information content (AvgIpc) is 3.05. The smallest absolute Gasteiger partial charge is 0.167 e. The van der Waals surface area contributed by atoms with Gasteiger partial charge in [-0.3, -0.25) is 0 Å². The highest BCUT2D eigenvalue weighted by Gasteiger charge is 2.36. The Morgan fingerprint density at radius 2 is 2.04 bits per heavy atom. The molecule has 132 valence electrons. The zero-order chi connectivity index (χ0) is 18.1. The first-order valence-electron chi connectivity index (χ1n) is 8.95. The van der Waals surface area contributed by atoms with Gasteiger partial charge >= 0.3 is 0 Å². The fraction of sp³-hybridized carbons (Fsp3) is 0.333.